The average Bonchev–Trinajstić information content (AvgIpc) is 3.16. The highest BCUT2D eigenvalue weighted by Crippen LogP contribution is 2.17. The van der Waals surface area contributed by atoms with Crippen LogP contribution in [0.3, 0.4) is 0 Å². The molecule has 0 atom stereocenters. The summed E-state index contributed by atoms with van der Waals surface area (Å²) < 4.78 is 4.97. The molecule has 0 bridgehead atoms. The first-order valence-electron chi connectivity index (χ1n) is 8.77. The molecule has 1 N–H and O–H groups in total. The van der Waals surface area contributed by atoms with Crippen LogP contribution in [-0.4, -0.2) is 35.8 Å². The number of benzene rings is 1. The largest absolute Gasteiger partial charge is 0.472 e. The van der Waals surface area contributed by atoms with Gasteiger partial charge < -0.3 is 14.6 Å². The van der Waals surface area contributed by atoms with Crippen LogP contribution in [-0.2, 0) is 0 Å². The summed E-state index contributed by atoms with van der Waals surface area (Å²) in [5.41, 5.74) is 2.48. The number of likely N-dealkylation sites (tertiary alicyclic amines) is 1. The van der Waals surface area contributed by atoms with Gasteiger partial charge in [0.25, 0.3) is 11.8 Å². The molecule has 5 heteroatoms. The van der Waals surface area contributed by atoms with Gasteiger partial charge in [0.1, 0.15) is 6.26 Å². The molecule has 3 rings (SSSR count). The Morgan fingerprint density at radius 3 is 2.32 bits per heavy atom. The normalized spacial score (nSPS) is 15.4. The van der Waals surface area contributed by atoms with Crippen molar-refractivity contribution in [3.05, 3.63) is 59.5 Å². The third-order valence-electron chi connectivity index (χ3n) is 4.73. The van der Waals surface area contributed by atoms with Gasteiger partial charge in [-0.05, 0) is 42.5 Å². The Balaban J connectivity index is 1.51. The van der Waals surface area contributed by atoms with E-state index in [-0.39, 0.29) is 17.9 Å². The molecule has 2 aromatic rings. The number of nitrogens with one attached hydrogen (secondary N) is 1. The van der Waals surface area contributed by atoms with Gasteiger partial charge in [0.05, 0.1) is 11.8 Å². The van der Waals surface area contributed by atoms with Crippen LogP contribution in [0, 0.1) is 0 Å². The molecule has 0 radical (unpaired) electrons. The van der Waals surface area contributed by atoms with Crippen molar-refractivity contribution in [3.63, 3.8) is 0 Å². The summed E-state index contributed by atoms with van der Waals surface area (Å²) in [6.45, 7) is 5.55. The van der Waals surface area contributed by atoms with Gasteiger partial charge in [0.15, 0.2) is 0 Å². The van der Waals surface area contributed by atoms with Gasteiger partial charge in [-0.25, -0.2) is 0 Å². The lowest BCUT2D eigenvalue weighted by Crippen LogP contribution is -2.46. The highest BCUT2D eigenvalue weighted by atomic mass is 16.3. The Morgan fingerprint density at radius 1 is 1.08 bits per heavy atom. The molecule has 2 heterocycles. The minimum absolute atomic E-state index is 0.0113. The zero-order valence-corrected chi connectivity index (χ0v) is 14.7. The van der Waals surface area contributed by atoms with Crippen LogP contribution in [0.4, 0.5) is 0 Å². The fraction of sp³-hybridized carbons (Fsp3) is 0.400. The zero-order chi connectivity index (χ0) is 17.8. The molecule has 132 valence electrons. The van der Waals surface area contributed by atoms with Crippen molar-refractivity contribution in [2.45, 2.75) is 38.6 Å². The maximum atomic E-state index is 12.4. The maximum absolute atomic E-state index is 12.4. The quantitative estimate of drug-likeness (QED) is 0.927. The van der Waals surface area contributed by atoms with E-state index in [9.17, 15) is 9.59 Å². The standard InChI is InChI=1S/C20H24N2O3/c1-14(2)15-3-5-16(6-4-15)19(23)21-18-7-10-22(11-8-18)20(24)17-9-12-25-13-17/h3-6,9,12-14,18H,7-8,10-11H2,1-2H3,(H,21,23). The molecule has 1 aromatic carbocycles. The molecule has 1 aliphatic heterocycles. The van der Waals surface area contributed by atoms with Gasteiger partial charge in [-0.15, -0.1) is 0 Å². The Labute approximate surface area is 148 Å². The van der Waals surface area contributed by atoms with Crippen molar-refractivity contribution in [3.8, 4) is 0 Å². The molecule has 2 amide bonds. The number of furan rings is 1. The Kier molecular flexibility index (Phi) is 5.22. The summed E-state index contributed by atoms with van der Waals surface area (Å²) >= 11 is 0. The second-order valence-electron chi connectivity index (χ2n) is 6.83. The van der Waals surface area contributed by atoms with Crippen molar-refractivity contribution < 1.29 is 14.0 Å². The second-order valence-corrected chi connectivity index (χ2v) is 6.83. The molecule has 0 spiro atoms. The lowest BCUT2D eigenvalue weighted by Gasteiger charge is -2.32. The van der Waals surface area contributed by atoms with Crippen molar-refractivity contribution in [1.82, 2.24) is 10.2 Å². The van der Waals surface area contributed by atoms with E-state index in [4.69, 9.17) is 4.42 Å². The summed E-state index contributed by atoms with van der Waals surface area (Å²) in [7, 11) is 0. The molecule has 0 saturated carbocycles. The van der Waals surface area contributed by atoms with Gasteiger partial charge in [-0.1, -0.05) is 26.0 Å². The first kappa shape index (κ1) is 17.3. The predicted molar refractivity (Wildman–Crippen MR) is 95.6 cm³/mol. The molecule has 0 unspecified atom stereocenters. The Morgan fingerprint density at radius 2 is 1.76 bits per heavy atom. The van der Waals surface area contributed by atoms with Gasteiger partial charge >= 0.3 is 0 Å². The SMILES string of the molecule is CC(C)c1ccc(C(=O)NC2CCN(C(=O)c3ccoc3)CC2)cc1. The lowest BCUT2D eigenvalue weighted by molar-refractivity contribution is 0.0697. The van der Waals surface area contributed by atoms with Gasteiger partial charge in [-0.3, -0.25) is 9.59 Å². The molecule has 1 saturated heterocycles. The number of rotatable bonds is 4. The summed E-state index contributed by atoms with van der Waals surface area (Å²) in [6.07, 6.45) is 4.50. The monoisotopic (exact) mass is 340 g/mol. The number of hydrogen-bond donors (Lipinski definition) is 1. The fourth-order valence-corrected chi connectivity index (χ4v) is 3.08. The Hall–Kier alpha value is -2.56. The molecule has 25 heavy (non-hydrogen) atoms. The van der Waals surface area contributed by atoms with E-state index < -0.39 is 0 Å². The predicted octanol–water partition coefficient (Wildman–Crippen LogP) is 3.44. The number of nitrogens with zero attached hydrogens (tertiary/aromatic N) is 1. The summed E-state index contributed by atoms with van der Waals surface area (Å²) in [4.78, 5) is 26.5. The average molecular weight is 340 g/mol. The summed E-state index contributed by atoms with van der Waals surface area (Å²) in [5.74, 6) is 0.395. The number of amides is 2. The van der Waals surface area contributed by atoms with Gasteiger partial charge in [0.2, 0.25) is 0 Å². The Bertz CT molecular complexity index is 712. The molecule has 5 nitrogen and oxygen atoms in total. The first-order valence-corrected chi connectivity index (χ1v) is 8.77. The zero-order valence-electron chi connectivity index (χ0n) is 14.7. The number of carbonyl (C=O) groups excluding carboxylic acids is 2. The minimum atomic E-state index is -0.0464. The number of hydrogen-bond acceptors (Lipinski definition) is 3. The smallest absolute Gasteiger partial charge is 0.257 e. The van der Waals surface area contributed by atoms with Crippen LogP contribution in [0.15, 0.2) is 47.3 Å². The molecular formula is C20H24N2O3. The second kappa shape index (κ2) is 7.55. The lowest BCUT2D eigenvalue weighted by atomic mass is 10.0. The van der Waals surface area contributed by atoms with E-state index >= 15 is 0 Å². The van der Waals surface area contributed by atoms with E-state index in [2.05, 4.69) is 19.2 Å². The van der Waals surface area contributed by atoms with Crippen LogP contribution in [0.2, 0.25) is 0 Å². The van der Waals surface area contributed by atoms with E-state index in [1.807, 2.05) is 29.2 Å². The van der Waals surface area contributed by atoms with Crippen molar-refractivity contribution in [2.75, 3.05) is 13.1 Å². The van der Waals surface area contributed by atoms with Gasteiger partial charge in [-0.2, -0.15) is 0 Å². The van der Waals surface area contributed by atoms with Crippen molar-refractivity contribution in [1.29, 1.82) is 0 Å². The highest BCUT2D eigenvalue weighted by Gasteiger charge is 2.25. The van der Waals surface area contributed by atoms with Crippen LogP contribution >= 0.6 is 0 Å². The van der Waals surface area contributed by atoms with Crippen LogP contribution in [0.25, 0.3) is 0 Å². The molecule has 0 aliphatic carbocycles. The van der Waals surface area contributed by atoms with Crippen LogP contribution < -0.4 is 5.32 Å². The van der Waals surface area contributed by atoms with E-state index in [0.717, 1.165) is 12.8 Å². The van der Waals surface area contributed by atoms with E-state index in [1.54, 1.807) is 6.07 Å². The number of piperidine rings is 1. The highest BCUT2D eigenvalue weighted by molar-refractivity contribution is 5.95. The van der Waals surface area contributed by atoms with E-state index in [0.29, 0.717) is 30.1 Å². The molecular weight excluding hydrogens is 316 g/mol. The third kappa shape index (κ3) is 4.10. The van der Waals surface area contributed by atoms with Crippen LogP contribution in [0.5, 0.6) is 0 Å². The van der Waals surface area contributed by atoms with E-state index in [1.165, 1.54) is 18.1 Å². The summed E-state index contributed by atoms with van der Waals surface area (Å²) in [6, 6.07) is 9.55. The van der Waals surface area contributed by atoms with Crippen molar-refractivity contribution >= 4 is 11.8 Å². The number of carbonyl (C=O) groups is 2. The first-order chi connectivity index (χ1) is 12.0. The molecule has 1 fully saturated rings. The minimum Gasteiger partial charge on any atom is -0.472 e. The molecule has 1 aliphatic rings. The van der Waals surface area contributed by atoms with Gasteiger partial charge in [0, 0.05) is 24.7 Å². The van der Waals surface area contributed by atoms with Crippen LogP contribution in [0.1, 0.15) is 58.9 Å². The van der Waals surface area contributed by atoms with Crippen molar-refractivity contribution in [2.24, 2.45) is 0 Å². The maximum Gasteiger partial charge on any atom is 0.257 e. The third-order valence-corrected chi connectivity index (χ3v) is 4.73. The topological polar surface area (TPSA) is 62.6 Å². The molecule has 1 aromatic heterocycles. The summed E-state index contributed by atoms with van der Waals surface area (Å²) in [5, 5.41) is 3.08. The fourth-order valence-electron chi connectivity index (χ4n) is 3.08.